The van der Waals surface area contributed by atoms with Crippen molar-refractivity contribution in [3.8, 4) is 5.75 Å². The molecule has 0 radical (unpaired) electrons. The van der Waals surface area contributed by atoms with E-state index in [-0.39, 0.29) is 5.91 Å². The topological polar surface area (TPSA) is 75.6 Å². The number of anilines is 2. The normalized spacial score (nSPS) is 10.8. The van der Waals surface area contributed by atoms with Crippen LogP contribution in [-0.4, -0.2) is 24.2 Å². The highest BCUT2D eigenvalue weighted by molar-refractivity contribution is 7.17. The molecule has 1 amide bonds. The van der Waals surface area contributed by atoms with Crippen LogP contribution in [0.25, 0.3) is 0 Å². The lowest BCUT2D eigenvalue weighted by Gasteiger charge is -2.07. The van der Waals surface area contributed by atoms with Gasteiger partial charge in [0.25, 0.3) is 5.91 Å². The van der Waals surface area contributed by atoms with E-state index in [1.807, 2.05) is 36.4 Å². The minimum atomic E-state index is -0.285. The summed E-state index contributed by atoms with van der Waals surface area (Å²) in [6.45, 7) is 2.06. The molecular weight excluding hydrogens is 396 g/mol. The lowest BCUT2D eigenvalue weighted by Crippen LogP contribution is -2.17. The summed E-state index contributed by atoms with van der Waals surface area (Å²) in [5, 5.41) is 8.05. The van der Waals surface area contributed by atoms with Crippen LogP contribution in [0.2, 0.25) is 5.15 Å². The van der Waals surface area contributed by atoms with Gasteiger partial charge in [-0.3, -0.25) is 4.79 Å². The van der Waals surface area contributed by atoms with E-state index in [0.29, 0.717) is 26.5 Å². The Hall–Kier alpha value is -2.90. The zero-order chi connectivity index (χ0) is 19.9. The molecule has 0 atom stereocenters. The minimum Gasteiger partial charge on any atom is -0.495 e. The molecule has 0 saturated carbocycles. The molecule has 8 heteroatoms. The molecule has 2 aromatic carbocycles. The summed E-state index contributed by atoms with van der Waals surface area (Å²) in [6.07, 6.45) is 2.40. The van der Waals surface area contributed by atoms with Crippen LogP contribution < -0.4 is 15.5 Å². The smallest absolute Gasteiger partial charge is 0.271 e. The molecule has 0 saturated heterocycles. The fourth-order valence-corrected chi connectivity index (χ4v) is 3.46. The number of rotatable bonds is 7. The summed E-state index contributed by atoms with van der Waals surface area (Å²) >= 11 is 7.49. The number of ether oxygens (including phenoxy) is 1. The zero-order valence-corrected chi connectivity index (χ0v) is 17.0. The van der Waals surface area contributed by atoms with Gasteiger partial charge in [0.05, 0.1) is 23.9 Å². The summed E-state index contributed by atoms with van der Waals surface area (Å²) in [4.78, 5) is 17.0. The van der Waals surface area contributed by atoms with E-state index in [1.165, 1.54) is 23.1 Å². The second-order valence-corrected chi connectivity index (χ2v) is 7.14. The number of benzene rings is 2. The first-order chi connectivity index (χ1) is 13.6. The van der Waals surface area contributed by atoms with Crippen LogP contribution in [0, 0.1) is 0 Å². The Labute approximate surface area is 172 Å². The van der Waals surface area contributed by atoms with Crippen molar-refractivity contribution >= 4 is 45.9 Å². The number of aromatic nitrogens is 1. The standard InChI is InChI=1S/C20H19ClN4O2S/c1-3-13-8-10-14(11-9-13)19(26)25-22-12-17-18(21)24-20(28-17)23-15-6-4-5-7-16(15)27-2/h4-12H,3H2,1-2H3,(H,23,24)(H,25,26)/b22-12+. The number of halogens is 1. The number of hydrogen-bond donors (Lipinski definition) is 2. The Bertz CT molecular complexity index is 986. The molecule has 1 aromatic heterocycles. The Morgan fingerprint density at radius 1 is 1.25 bits per heavy atom. The molecule has 0 unspecified atom stereocenters. The van der Waals surface area contributed by atoms with Crippen LogP contribution in [0.4, 0.5) is 10.8 Å². The molecule has 0 fully saturated rings. The number of aryl methyl sites for hydroxylation is 1. The largest absolute Gasteiger partial charge is 0.495 e. The molecule has 2 N–H and O–H groups in total. The van der Waals surface area contributed by atoms with Gasteiger partial charge in [-0.2, -0.15) is 5.10 Å². The maximum absolute atomic E-state index is 12.1. The van der Waals surface area contributed by atoms with Gasteiger partial charge in [-0.25, -0.2) is 10.4 Å². The van der Waals surface area contributed by atoms with Crippen molar-refractivity contribution < 1.29 is 9.53 Å². The third-order valence-electron chi connectivity index (χ3n) is 3.93. The maximum atomic E-state index is 12.1. The number of hydrogen-bond acceptors (Lipinski definition) is 6. The molecule has 1 heterocycles. The lowest BCUT2D eigenvalue weighted by atomic mass is 10.1. The van der Waals surface area contributed by atoms with Crippen LogP contribution in [-0.2, 0) is 6.42 Å². The third kappa shape index (κ3) is 4.88. The summed E-state index contributed by atoms with van der Waals surface area (Å²) in [5.41, 5.74) is 5.00. The Kier molecular flexibility index (Phi) is 6.62. The highest BCUT2D eigenvalue weighted by Gasteiger charge is 2.10. The Morgan fingerprint density at radius 3 is 2.71 bits per heavy atom. The number of para-hydroxylation sites is 2. The molecule has 3 aromatic rings. The van der Waals surface area contributed by atoms with Crippen LogP contribution in [0.5, 0.6) is 5.75 Å². The molecule has 0 spiro atoms. The van der Waals surface area contributed by atoms with E-state index in [9.17, 15) is 4.79 Å². The molecule has 0 aliphatic carbocycles. The van der Waals surface area contributed by atoms with E-state index in [2.05, 4.69) is 27.8 Å². The number of methoxy groups -OCH3 is 1. The van der Waals surface area contributed by atoms with Gasteiger partial charge in [0.2, 0.25) is 0 Å². The van der Waals surface area contributed by atoms with Gasteiger partial charge < -0.3 is 10.1 Å². The van der Waals surface area contributed by atoms with E-state index in [1.54, 1.807) is 19.2 Å². The molecule has 0 bridgehead atoms. The van der Waals surface area contributed by atoms with Gasteiger partial charge in [0.1, 0.15) is 5.75 Å². The van der Waals surface area contributed by atoms with Gasteiger partial charge in [-0.1, -0.05) is 54.1 Å². The number of carbonyl (C=O) groups excluding carboxylic acids is 1. The number of nitrogens with zero attached hydrogens (tertiary/aromatic N) is 2. The first-order valence-electron chi connectivity index (χ1n) is 8.59. The van der Waals surface area contributed by atoms with Crippen molar-refractivity contribution in [1.29, 1.82) is 0 Å². The van der Waals surface area contributed by atoms with Crippen molar-refractivity contribution in [3.05, 3.63) is 69.7 Å². The molecular formula is C20H19ClN4O2S. The Balaban J connectivity index is 1.65. The predicted octanol–water partition coefficient (Wildman–Crippen LogP) is 4.88. The zero-order valence-electron chi connectivity index (χ0n) is 15.4. The summed E-state index contributed by atoms with van der Waals surface area (Å²) < 4.78 is 5.31. The number of carbonyl (C=O) groups is 1. The first kappa shape index (κ1) is 19.9. The van der Waals surface area contributed by atoms with Gasteiger partial charge in [-0.05, 0) is 36.2 Å². The van der Waals surface area contributed by atoms with Crippen LogP contribution in [0.15, 0.2) is 53.6 Å². The minimum absolute atomic E-state index is 0.285. The average molecular weight is 415 g/mol. The number of amides is 1. The van der Waals surface area contributed by atoms with Gasteiger partial charge in [0.15, 0.2) is 10.3 Å². The van der Waals surface area contributed by atoms with Crippen LogP contribution in [0.3, 0.4) is 0 Å². The van der Waals surface area contributed by atoms with Gasteiger partial charge >= 0.3 is 0 Å². The number of nitrogens with one attached hydrogen (secondary N) is 2. The SMILES string of the molecule is CCc1ccc(C(=O)N/N=C/c2sc(Nc3ccccc3OC)nc2Cl)cc1. The molecule has 0 aliphatic heterocycles. The first-order valence-corrected chi connectivity index (χ1v) is 9.79. The molecule has 6 nitrogen and oxygen atoms in total. The van der Waals surface area contributed by atoms with E-state index < -0.39 is 0 Å². The highest BCUT2D eigenvalue weighted by Crippen LogP contribution is 2.31. The van der Waals surface area contributed by atoms with Gasteiger partial charge in [-0.15, -0.1) is 0 Å². The molecule has 28 heavy (non-hydrogen) atoms. The quantitative estimate of drug-likeness (QED) is 0.427. The van der Waals surface area contributed by atoms with Crippen molar-refractivity contribution in [2.75, 3.05) is 12.4 Å². The molecule has 144 valence electrons. The van der Waals surface area contributed by atoms with Crippen LogP contribution in [0.1, 0.15) is 27.7 Å². The number of hydrazone groups is 1. The number of thiazole rings is 1. The summed E-state index contributed by atoms with van der Waals surface area (Å²) in [6, 6.07) is 14.9. The van der Waals surface area contributed by atoms with Crippen molar-refractivity contribution in [2.45, 2.75) is 13.3 Å². The van der Waals surface area contributed by atoms with E-state index in [0.717, 1.165) is 12.1 Å². The fraction of sp³-hybridized carbons (Fsp3) is 0.150. The Morgan fingerprint density at radius 2 is 2.00 bits per heavy atom. The highest BCUT2D eigenvalue weighted by atomic mass is 35.5. The second kappa shape index (κ2) is 9.34. The second-order valence-electron chi connectivity index (χ2n) is 5.75. The van der Waals surface area contributed by atoms with Crippen molar-refractivity contribution in [1.82, 2.24) is 10.4 Å². The monoisotopic (exact) mass is 414 g/mol. The average Bonchev–Trinajstić information content (AvgIpc) is 3.07. The third-order valence-corrected chi connectivity index (χ3v) is 5.24. The molecule has 0 aliphatic rings. The fourth-order valence-electron chi connectivity index (χ4n) is 2.42. The summed E-state index contributed by atoms with van der Waals surface area (Å²) in [7, 11) is 1.60. The van der Waals surface area contributed by atoms with E-state index in [4.69, 9.17) is 16.3 Å². The predicted molar refractivity (Wildman–Crippen MR) is 114 cm³/mol. The van der Waals surface area contributed by atoms with Crippen molar-refractivity contribution in [2.24, 2.45) is 5.10 Å². The lowest BCUT2D eigenvalue weighted by molar-refractivity contribution is 0.0955. The van der Waals surface area contributed by atoms with E-state index >= 15 is 0 Å². The van der Waals surface area contributed by atoms with Crippen molar-refractivity contribution in [3.63, 3.8) is 0 Å². The van der Waals surface area contributed by atoms with Gasteiger partial charge in [0, 0.05) is 5.56 Å². The maximum Gasteiger partial charge on any atom is 0.271 e. The summed E-state index contributed by atoms with van der Waals surface area (Å²) in [5.74, 6) is 0.414. The molecule has 3 rings (SSSR count). The van der Waals surface area contributed by atoms with Crippen LogP contribution >= 0.6 is 22.9 Å².